The average Bonchev–Trinajstić information content (AvgIpc) is 3.27. The molecular weight excluding hydrogens is 320 g/mol. The van der Waals surface area contributed by atoms with Crippen LogP contribution in [0.15, 0.2) is 29.9 Å². The number of hydrogen-bond acceptors (Lipinski definition) is 4. The summed E-state index contributed by atoms with van der Waals surface area (Å²) in [5.74, 6) is 0.165. The number of carbonyl (C=O) groups excluding carboxylic acids is 1. The summed E-state index contributed by atoms with van der Waals surface area (Å²) in [6.45, 7) is 5.25. The van der Waals surface area contributed by atoms with Gasteiger partial charge in [-0.15, -0.1) is 11.3 Å². The van der Waals surface area contributed by atoms with Gasteiger partial charge in [-0.2, -0.15) is 5.10 Å². The molecule has 1 aliphatic rings. The smallest absolute Gasteiger partial charge is 0.264 e. The highest BCUT2D eigenvalue weighted by Gasteiger charge is 2.40. The highest BCUT2D eigenvalue weighted by molar-refractivity contribution is 7.12. The van der Waals surface area contributed by atoms with Gasteiger partial charge >= 0.3 is 0 Å². The SMILES string of the molecule is CC(C)N(C)[C@@H]1CCN(C(=O)c2cccs2)[C@H]1Cc1cnn(C)c1. The van der Waals surface area contributed by atoms with E-state index in [-0.39, 0.29) is 11.9 Å². The molecule has 1 aliphatic heterocycles. The van der Waals surface area contributed by atoms with Crippen molar-refractivity contribution in [3.8, 4) is 0 Å². The van der Waals surface area contributed by atoms with Crippen LogP contribution in [0.25, 0.3) is 0 Å². The lowest BCUT2D eigenvalue weighted by Crippen LogP contribution is -2.48. The lowest BCUT2D eigenvalue weighted by molar-refractivity contribution is 0.0684. The van der Waals surface area contributed by atoms with Gasteiger partial charge in [0.15, 0.2) is 0 Å². The van der Waals surface area contributed by atoms with E-state index in [1.165, 1.54) is 16.9 Å². The Morgan fingerprint density at radius 3 is 2.88 bits per heavy atom. The molecule has 130 valence electrons. The van der Waals surface area contributed by atoms with E-state index in [4.69, 9.17) is 0 Å². The van der Waals surface area contributed by atoms with E-state index >= 15 is 0 Å². The Labute approximate surface area is 147 Å². The van der Waals surface area contributed by atoms with Crippen molar-refractivity contribution in [2.24, 2.45) is 7.05 Å². The zero-order valence-electron chi connectivity index (χ0n) is 14.8. The standard InChI is InChI=1S/C18H26N4OS/c1-13(2)21(4)15-7-8-22(18(23)17-6-5-9-24-17)16(15)10-14-11-19-20(3)12-14/h5-6,9,11-13,15-16H,7-8,10H2,1-4H3/t15-,16+/m1/s1. The molecule has 0 radical (unpaired) electrons. The Hall–Kier alpha value is -1.66. The summed E-state index contributed by atoms with van der Waals surface area (Å²) >= 11 is 1.52. The van der Waals surface area contributed by atoms with Crippen LogP contribution in [-0.2, 0) is 13.5 Å². The first kappa shape index (κ1) is 17.2. The molecule has 6 heteroatoms. The number of amides is 1. The van der Waals surface area contributed by atoms with E-state index in [0.29, 0.717) is 12.1 Å². The average molecular weight is 347 g/mol. The van der Waals surface area contributed by atoms with Gasteiger partial charge in [0, 0.05) is 31.9 Å². The Kier molecular flexibility index (Phi) is 5.06. The van der Waals surface area contributed by atoms with Crippen molar-refractivity contribution in [1.29, 1.82) is 0 Å². The van der Waals surface area contributed by atoms with Gasteiger partial charge in [-0.05, 0) is 50.7 Å². The van der Waals surface area contributed by atoms with Crippen LogP contribution < -0.4 is 0 Å². The van der Waals surface area contributed by atoms with Crippen LogP contribution in [0, 0.1) is 0 Å². The van der Waals surface area contributed by atoms with Gasteiger partial charge < -0.3 is 4.90 Å². The number of nitrogens with zero attached hydrogens (tertiary/aromatic N) is 4. The fourth-order valence-electron chi connectivity index (χ4n) is 3.55. The summed E-state index contributed by atoms with van der Waals surface area (Å²) in [6, 6.07) is 4.91. The number of likely N-dealkylation sites (tertiary alicyclic amines) is 1. The minimum absolute atomic E-state index is 0.165. The second kappa shape index (κ2) is 7.07. The first-order valence-corrected chi connectivity index (χ1v) is 9.39. The van der Waals surface area contributed by atoms with E-state index in [1.807, 2.05) is 35.4 Å². The normalized spacial score (nSPS) is 21.2. The predicted octanol–water partition coefficient (Wildman–Crippen LogP) is 2.65. The zero-order chi connectivity index (χ0) is 17.3. The topological polar surface area (TPSA) is 41.4 Å². The fraction of sp³-hybridized carbons (Fsp3) is 0.556. The number of aryl methyl sites for hydroxylation is 1. The van der Waals surface area contributed by atoms with Crippen molar-refractivity contribution >= 4 is 17.2 Å². The van der Waals surface area contributed by atoms with Gasteiger partial charge in [0.25, 0.3) is 5.91 Å². The molecule has 2 aromatic heterocycles. The van der Waals surface area contributed by atoms with Crippen molar-refractivity contribution in [3.05, 3.63) is 40.3 Å². The monoisotopic (exact) mass is 346 g/mol. The van der Waals surface area contributed by atoms with Crippen molar-refractivity contribution in [3.63, 3.8) is 0 Å². The van der Waals surface area contributed by atoms with E-state index in [1.54, 1.807) is 0 Å². The molecule has 0 saturated carbocycles. The molecule has 0 unspecified atom stereocenters. The van der Waals surface area contributed by atoms with E-state index in [2.05, 4.69) is 42.0 Å². The van der Waals surface area contributed by atoms with Gasteiger partial charge in [-0.1, -0.05) is 6.07 Å². The molecule has 0 spiro atoms. The summed E-state index contributed by atoms with van der Waals surface area (Å²) in [5, 5.41) is 6.25. The minimum Gasteiger partial charge on any atom is -0.333 e. The fourth-order valence-corrected chi connectivity index (χ4v) is 4.23. The number of aromatic nitrogens is 2. The highest BCUT2D eigenvalue weighted by Crippen LogP contribution is 2.29. The van der Waals surface area contributed by atoms with Gasteiger partial charge in [-0.25, -0.2) is 0 Å². The van der Waals surface area contributed by atoms with Crippen LogP contribution in [0.5, 0.6) is 0 Å². The van der Waals surface area contributed by atoms with Crippen molar-refractivity contribution in [2.75, 3.05) is 13.6 Å². The van der Waals surface area contributed by atoms with Gasteiger partial charge in [0.05, 0.1) is 17.1 Å². The second-order valence-electron chi connectivity index (χ2n) is 6.88. The molecule has 0 aromatic carbocycles. The summed E-state index contributed by atoms with van der Waals surface area (Å²) in [5.41, 5.74) is 1.19. The molecule has 24 heavy (non-hydrogen) atoms. The van der Waals surface area contributed by atoms with Gasteiger partial charge in [-0.3, -0.25) is 14.4 Å². The molecule has 1 saturated heterocycles. The van der Waals surface area contributed by atoms with Crippen LogP contribution in [0.1, 0.15) is 35.5 Å². The molecule has 2 atom stereocenters. The molecule has 1 fully saturated rings. The maximum absolute atomic E-state index is 12.9. The van der Waals surface area contributed by atoms with Crippen LogP contribution >= 0.6 is 11.3 Å². The molecule has 3 heterocycles. The molecule has 2 aromatic rings. The van der Waals surface area contributed by atoms with Gasteiger partial charge in [0.2, 0.25) is 0 Å². The van der Waals surface area contributed by atoms with E-state index < -0.39 is 0 Å². The Morgan fingerprint density at radius 2 is 2.29 bits per heavy atom. The lowest BCUT2D eigenvalue weighted by Gasteiger charge is -2.35. The lowest BCUT2D eigenvalue weighted by atomic mass is 10.00. The third-order valence-corrected chi connectivity index (χ3v) is 5.90. The van der Waals surface area contributed by atoms with Crippen molar-refractivity contribution in [1.82, 2.24) is 19.6 Å². The molecule has 0 aliphatic carbocycles. The summed E-state index contributed by atoms with van der Waals surface area (Å²) < 4.78 is 1.83. The van der Waals surface area contributed by atoms with E-state index in [0.717, 1.165) is 24.3 Å². The molecule has 1 amide bonds. The second-order valence-corrected chi connectivity index (χ2v) is 7.83. The number of carbonyl (C=O) groups is 1. The van der Waals surface area contributed by atoms with Crippen LogP contribution in [-0.4, -0.2) is 57.2 Å². The number of hydrogen-bond donors (Lipinski definition) is 0. The van der Waals surface area contributed by atoms with Crippen molar-refractivity contribution < 1.29 is 4.79 Å². The molecule has 0 N–H and O–H groups in total. The Morgan fingerprint density at radius 1 is 1.50 bits per heavy atom. The van der Waals surface area contributed by atoms with Crippen LogP contribution in [0.2, 0.25) is 0 Å². The number of likely N-dealkylation sites (N-methyl/N-ethyl adjacent to an activating group) is 1. The quantitative estimate of drug-likeness (QED) is 0.836. The largest absolute Gasteiger partial charge is 0.333 e. The molecule has 0 bridgehead atoms. The van der Waals surface area contributed by atoms with Crippen LogP contribution in [0.3, 0.4) is 0 Å². The van der Waals surface area contributed by atoms with Crippen LogP contribution in [0.4, 0.5) is 0 Å². The minimum atomic E-state index is 0.165. The highest BCUT2D eigenvalue weighted by atomic mass is 32.1. The maximum atomic E-state index is 12.9. The Balaban J connectivity index is 1.85. The first-order valence-electron chi connectivity index (χ1n) is 8.51. The number of thiophene rings is 1. The third kappa shape index (κ3) is 3.39. The Bertz CT molecular complexity index is 679. The summed E-state index contributed by atoms with van der Waals surface area (Å²) in [7, 11) is 4.11. The summed E-state index contributed by atoms with van der Waals surface area (Å²) in [6.07, 6.45) is 5.85. The van der Waals surface area contributed by atoms with Gasteiger partial charge in [0.1, 0.15) is 0 Å². The zero-order valence-corrected chi connectivity index (χ0v) is 15.7. The third-order valence-electron chi connectivity index (χ3n) is 5.04. The van der Waals surface area contributed by atoms with Crippen molar-refractivity contribution in [2.45, 2.75) is 44.8 Å². The molecule has 5 nitrogen and oxygen atoms in total. The first-order chi connectivity index (χ1) is 11.5. The summed E-state index contributed by atoms with van der Waals surface area (Å²) in [4.78, 5) is 18.3. The predicted molar refractivity (Wildman–Crippen MR) is 97.4 cm³/mol. The van der Waals surface area contributed by atoms with E-state index in [9.17, 15) is 4.79 Å². The molecular formula is C18H26N4OS. The number of rotatable bonds is 5. The maximum Gasteiger partial charge on any atom is 0.264 e. The molecule has 3 rings (SSSR count).